The molecule has 2 rings (SSSR count). The highest BCUT2D eigenvalue weighted by molar-refractivity contribution is 7.98. The minimum Gasteiger partial charge on any atom is -0.352 e. The first-order valence-electron chi connectivity index (χ1n) is 8.27. The molecule has 1 saturated carbocycles. The summed E-state index contributed by atoms with van der Waals surface area (Å²) in [5, 5.41) is 6.00. The van der Waals surface area contributed by atoms with Crippen LogP contribution in [0.4, 0.5) is 0 Å². The molecule has 0 aliphatic heterocycles. The molecule has 1 aliphatic carbocycles. The third-order valence-electron chi connectivity index (χ3n) is 4.21. The molecule has 0 aromatic heterocycles. The van der Waals surface area contributed by atoms with Crippen LogP contribution in [0.15, 0.2) is 24.3 Å². The van der Waals surface area contributed by atoms with E-state index >= 15 is 0 Å². The number of hydrogen-bond acceptors (Lipinski definition) is 3. The fraction of sp³-hybridized carbons (Fsp3) is 0.556. The molecule has 0 heterocycles. The number of carbonyl (C=O) groups excluding carboxylic acids is 2. The minimum absolute atomic E-state index is 0.0491. The lowest BCUT2D eigenvalue weighted by molar-refractivity contribution is -0.123. The van der Waals surface area contributed by atoms with Gasteiger partial charge in [0.15, 0.2) is 0 Å². The van der Waals surface area contributed by atoms with E-state index in [4.69, 9.17) is 0 Å². The van der Waals surface area contributed by atoms with Gasteiger partial charge in [-0.3, -0.25) is 9.59 Å². The van der Waals surface area contributed by atoms with E-state index in [0.29, 0.717) is 12.0 Å². The van der Waals surface area contributed by atoms with Crippen molar-refractivity contribution in [2.45, 2.75) is 51.1 Å². The van der Waals surface area contributed by atoms with Crippen molar-refractivity contribution in [3.05, 3.63) is 35.4 Å². The summed E-state index contributed by atoms with van der Waals surface area (Å²) < 4.78 is 0. The number of hydrogen-bond donors (Lipinski definition) is 2. The maximum Gasteiger partial charge on any atom is 0.251 e. The van der Waals surface area contributed by atoms with Gasteiger partial charge >= 0.3 is 0 Å². The van der Waals surface area contributed by atoms with Crippen LogP contribution < -0.4 is 10.6 Å². The number of amides is 2. The maximum atomic E-state index is 12.5. The molecule has 1 fully saturated rings. The molecular formula is C18H26N2O2S. The molecule has 0 radical (unpaired) electrons. The van der Waals surface area contributed by atoms with Gasteiger partial charge in [0.2, 0.25) is 5.91 Å². The Morgan fingerprint density at radius 1 is 1.30 bits per heavy atom. The molecule has 1 aromatic rings. The standard InChI is InChI=1S/C18H26N2O2S/c1-13-6-5-7-14(12-13)17(21)20-16(10-11-23-2)18(22)19-15-8-3-4-9-15/h5-7,12,15-16H,3-4,8-11H2,1-2H3,(H,19,22)(H,20,21). The van der Waals surface area contributed by atoms with Crippen molar-refractivity contribution in [3.63, 3.8) is 0 Å². The van der Waals surface area contributed by atoms with E-state index < -0.39 is 6.04 Å². The molecule has 126 valence electrons. The SMILES string of the molecule is CSCCC(NC(=O)c1cccc(C)c1)C(=O)NC1CCCC1. The largest absolute Gasteiger partial charge is 0.352 e. The molecule has 2 N–H and O–H groups in total. The summed E-state index contributed by atoms with van der Waals surface area (Å²) in [6.07, 6.45) is 7.11. The third-order valence-corrected chi connectivity index (χ3v) is 4.86. The molecular weight excluding hydrogens is 308 g/mol. The summed E-state index contributed by atoms with van der Waals surface area (Å²) in [5.74, 6) is 0.616. The molecule has 23 heavy (non-hydrogen) atoms. The summed E-state index contributed by atoms with van der Waals surface area (Å²) in [6.45, 7) is 1.95. The molecule has 2 amide bonds. The van der Waals surface area contributed by atoms with Gasteiger partial charge in [-0.05, 0) is 50.3 Å². The zero-order valence-electron chi connectivity index (χ0n) is 13.9. The summed E-state index contributed by atoms with van der Waals surface area (Å²) in [4.78, 5) is 24.9. The van der Waals surface area contributed by atoms with Crippen molar-refractivity contribution in [1.82, 2.24) is 10.6 Å². The average molecular weight is 334 g/mol. The number of thioether (sulfide) groups is 1. The summed E-state index contributed by atoms with van der Waals surface area (Å²) in [7, 11) is 0. The maximum absolute atomic E-state index is 12.5. The third kappa shape index (κ3) is 5.57. The summed E-state index contributed by atoms with van der Waals surface area (Å²) >= 11 is 1.68. The van der Waals surface area contributed by atoms with E-state index in [0.717, 1.165) is 24.2 Å². The molecule has 1 unspecified atom stereocenters. The van der Waals surface area contributed by atoms with Crippen LogP contribution in [0, 0.1) is 6.92 Å². The second-order valence-electron chi connectivity index (χ2n) is 6.17. The Morgan fingerprint density at radius 2 is 2.04 bits per heavy atom. The molecule has 1 aromatic carbocycles. The molecule has 1 aliphatic rings. The van der Waals surface area contributed by atoms with Crippen LogP contribution in [0.1, 0.15) is 48.0 Å². The molecule has 5 heteroatoms. The van der Waals surface area contributed by atoms with Gasteiger partial charge in [-0.1, -0.05) is 30.5 Å². The van der Waals surface area contributed by atoms with E-state index in [1.54, 1.807) is 17.8 Å². The Bertz CT molecular complexity index is 542. The van der Waals surface area contributed by atoms with Crippen molar-refractivity contribution in [3.8, 4) is 0 Å². The van der Waals surface area contributed by atoms with Crippen LogP contribution in [0.3, 0.4) is 0 Å². The first kappa shape index (κ1) is 17.9. The lowest BCUT2D eigenvalue weighted by atomic mass is 10.1. The first-order chi connectivity index (χ1) is 11.1. The van der Waals surface area contributed by atoms with Crippen LogP contribution in [-0.4, -0.2) is 35.9 Å². The molecule has 0 saturated heterocycles. The Kier molecular flexibility index (Phi) is 6.96. The molecule has 0 spiro atoms. The van der Waals surface area contributed by atoms with Gasteiger partial charge < -0.3 is 10.6 Å². The first-order valence-corrected chi connectivity index (χ1v) is 9.66. The molecule has 4 nitrogen and oxygen atoms in total. The van der Waals surface area contributed by atoms with E-state index in [1.807, 2.05) is 31.4 Å². The van der Waals surface area contributed by atoms with E-state index in [1.165, 1.54) is 12.8 Å². The molecule has 0 bridgehead atoms. The average Bonchev–Trinajstić information content (AvgIpc) is 3.04. The van der Waals surface area contributed by atoms with Gasteiger partial charge in [-0.2, -0.15) is 11.8 Å². The van der Waals surface area contributed by atoms with Crippen molar-refractivity contribution >= 4 is 23.6 Å². The highest BCUT2D eigenvalue weighted by Crippen LogP contribution is 2.18. The van der Waals surface area contributed by atoms with E-state index in [2.05, 4.69) is 10.6 Å². The van der Waals surface area contributed by atoms with E-state index in [9.17, 15) is 9.59 Å². The fourth-order valence-corrected chi connectivity index (χ4v) is 3.38. The van der Waals surface area contributed by atoms with Gasteiger partial charge in [0.1, 0.15) is 6.04 Å². The van der Waals surface area contributed by atoms with Gasteiger partial charge in [0.25, 0.3) is 5.91 Å². The van der Waals surface area contributed by atoms with Gasteiger partial charge in [-0.15, -0.1) is 0 Å². The Balaban J connectivity index is 1.98. The number of rotatable bonds is 7. The van der Waals surface area contributed by atoms with Gasteiger partial charge in [-0.25, -0.2) is 0 Å². The Hall–Kier alpha value is -1.49. The van der Waals surface area contributed by atoms with Crippen LogP contribution in [0.25, 0.3) is 0 Å². The smallest absolute Gasteiger partial charge is 0.251 e. The lowest BCUT2D eigenvalue weighted by Gasteiger charge is -2.21. The fourth-order valence-electron chi connectivity index (χ4n) is 2.90. The second-order valence-corrected chi connectivity index (χ2v) is 7.15. The van der Waals surface area contributed by atoms with Crippen molar-refractivity contribution in [1.29, 1.82) is 0 Å². The quantitative estimate of drug-likeness (QED) is 0.806. The summed E-state index contributed by atoms with van der Waals surface area (Å²) in [5.41, 5.74) is 1.64. The number of nitrogens with one attached hydrogen (secondary N) is 2. The van der Waals surface area contributed by atoms with Gasteiger partial charge in [0.05, 0.1) is 0 Å². The predicted octanol–water partition coefficient (Wildman–Crippen LogP) is 2.91. The highest BCUT2D eigenvalue weighted by atomic mass is 32.2. The second kappa shape index (κ2) is 8.96. The zero-order valence-corrected chi connectivity index (χ0v) is 14.7. The number of aryl methyl sites for hydroxylation is 1. The van der Waals surface area contributed by atoms with Crippen LogP contribution >= 0.6 is 11.8 Å². The number of benzene rings is 1. The van der Waals surface area contributed by atoms with Crippen molar-refractivity contribution in [2.24, 2.45) is 0 Å². The van der Waals surface area contributed by atoms with Gasteiger partial charge in [0, 0.05) is 11.6 Å². The number of carbonyl (C=O) groups is 2. The predicted molar refractivity (Wildman–Crippen MR) is 95.8 cm³/mol. The van der Waals surface area contributed by atoms with Crippen LogP contribution in [0.2, 0.25) is 0 Å². The monoisotopic (exact) mass is 334 g/mol. The summed E-state index contributed by atoms with van der Waals surface area (Å²) in [6, 6.07) is 7.25. The highest BCUT2D eigenvalue weighted by Gasteiger charge is 2.24. The lowest BCUT2D eigenvalue weighted by Crippen LogP contribution is -2.49. The van der Waals surface area contributed by atoms with E-state index in [-0.39, 0.29) is 17.9 Å². The minimum atomic E-state index is -0.462. The Labute approximate surface area is 142 Å². The van der Waals surface area contributed by atoms with Crippen LogP contribution in [-0.2, 0) is 4.79 Å². The molecule has 1 atom stereocenters. The van der Waals surface area contributed by atoms with Crippen LogP contribution in [0.5, 0.6) is 0 Å². The Morgan fingerprint density at radius 3 is 2.70 bits per heavy atom. The normalized spacial score (nSPS) is 16.1. The zero-order chi connectivity index (χ0) is 16.7. The van der Waals surface area contributed by atoms with Crippen molar-refractivity contribution < 1.29 is 9.59 Å². The topological polar surface area (TPSA) is 58.2 Å². The van der Waals surface area contributed by atoms with Crippen molar-refractivity contribution in [2.75, 3.05) is 12.0 Å².